The molecule has 0 saturated heterocycles. The topological polar surface area (TPSA) is 88.5 Å². The smallest absolute Gasteiger partial charge is 0.326 e. The average molecular weight is 603 g/mol. The quantitative estimate of drug-likeness (QED) is 0.243. The van der Waals surface area contributed by atoms with Crippen LogP contribution < -0.4 is 10.1 Å². The van der Waals surface area contributed by atoms with E-state index in [9.17, 15) is 14.7 Å². The van der Waals surface area contributed by atoms with Crippen molar-refractivity contribution in [3.63, 3.8) is 0 Å². The van der Waals surface area contributed by atoms with Gasteiger partial charge in [-0.05, 0) is 97.6 Å². The molecule has 2 N–H and O–H groups in total. The van der Waals surface area contributed by atoms with Crippen LogP contribution in [0.2, 0.25) is 0 Å². The fraction of sp³-hybridized carbons (Fsp3) is 0.528. The second kappa shape index (κ2) is 13.2. The number of benzene rings is 1. The molecular weight excluding hydrogens is 556 g/mol. The van der Waals surface area contributed by atoms with Crippen LogP contribution in [0, 0.1) is 17.3 Å². The number of carboxylic acids is 1. The molecule has 2 aliphatic carbocycles. The summed E-state index contributed by atoms with van der Waals surface area (Å²) in [5.74, 6) is 0.600. The van der Waals surface area contributed by atoms with Crippen molar-refractivity contribution in [3.05, 3.63) is 64.1 Å². The van der Waals surface area contributed by atoms with Gasteiger partial charge in [-0.3, -0.25) is 4.79 Å². The SMILES string of the molecule is C=C(C)c1ccc(C[C@H](NC(=O)c2cc3ccc(O[C@H]4CC[C@H](C(C)(C)C)CC4)cc3c(CC3CCCC3)n2)C(=O)O)s1. The number of carboxylic acid groups (broad SMARTS) is 1. The predicted molar refractivity (Wildman–Crippen MR) is 175 cm³/mol. The number of aromatic nitrogens is 1. The first-order chi connectivity index (χ1) is 20.5. The van der Waals surface area contributed by atoms with E-state index in [1.54, 1.807) is 6.07 Å². The van der Waals surface area contributed by atoms with Crippen LogP contribution in [0.1, 0.15) is 105 Å². The van der Waals surface area contributed by atoms with Gasteiger partial charge in [-0.15, -0.1) is 11.3 Å². The van der Waals surface area contributed by atoms with Crippen molar-refractivity contribution in [2.75, 3.05) is 0 Å². The van der Waals surface area contributed by atoms with Crippen molar-refractivity contribution in [2.24, 2.45) is 17.3 Å². The van der Waals surface area contributed by atoms with E-state index in [2.05, 4.69) is 38.7 Å². The summed E-state index contributed by atoms with van der Waals surface area (Å²) in [5.41, 5.74) is 2.42. The molecule has 230 valence electrons. The fourth-order valence-corrected chi connectivity index (χ4v) is 7.70. The van der Waals surface area contributed by atoms with Gasteiger partial charge in [0, 0.05) is 27.3 Å². The maximum Gasteiger partial charge on any atom is 0.326 e. The van der Waals surface area contributed by atoms with E-state index < -0.39 is 17.9 Å². The molecule has 0 aliphatic heterocycles. The summed E-state index contributed by atoms with van der Waals surface area (Å²) in [5, 5.41) is 14.6. The zero-order chi connectivity index (χ0) is 30.7. The lowest BCUT2D eigenvalue weighted by Crippen LogP contribution is -2.42. The van der Waals surface area contributed by atoms with Gasteiger partial charge in [-0.25, -0.2) is 9.78 Å². The second-order valence-corrected chi connectivity index (χ2v) is 14.9. The highest BCUT2D eigenvalue weighted by Crippen LogP contribution is 2.39. The average Bonchev–Trinajstić information content (AvgIpc) is 3.65. The van der Waals surface area contributed by atoms with Gasteiger partial charge in [0.15, 0.2) is 0 Å². The molecule has 5 rings (SSSR count). The Morgan fingerprint density at radius 1 is 1.07 bits per heavy atom. The Labute approximate surface area is 260 Å². The molecule has 0 spiro atoms. The number of allylic oxidation sites excluding steroid dienone is 1. The number of amides is 1. The number of pyridine rings is 1. The van der Waals surface area contributed by atoms with Gasteiger partial charge in [0.05, 0.1) is 6.10 Å². The minimum Gasteiger partial charge on any atom is -0.490 e. The molecule has 2 aromatic heterocycles. The van der Waals surface area contributed by atoms with Crippen LogP contribution in [-0.4, -0.2) is 34.1 Å². The molecule has 2 saturated carbocycles. The van der Waals surface area contributed by atoms with Crippen LogP contribution in [0.3, 0.4) is 0 Å². The molecule has 7 heteroatoms. The zero-order valence-corrected chi connectivity index (χ0v) is 26.9. The van der Waals surface area contributed by atoms with Crippen molar-refractivity contribution in [2.45, 2.75) is 104 Å². The standard InChI is InChI=1S/C36H46N2O4S/c1-22(2)33-17-16-28(43-33)21-32(35(40)41)38-34(39)31-19-24-10-13-27(42-26-14-11-25(12-15-26)36(3,4)5)20-29(24)30(37-31)18-23-8-6-7-9-23/h10,13,16-17,19-20,23,25-26,32H,1,6-9,11-12,14-15,18,21H2,2-5H3,(H,38,39)(H,40,41)/t25-,26-,32-/m0/s1. The highest BCUT2D eigenvalue weighted by molar-refractivity contribution is 7.13. The molecule has 0 bridgehead atoms. The summed E-state index contributed by atoms with van der Waals surface area (Å²) in [6.07, 6.45) is 10.5. The number of ether oxygens (including phenoxy) is 1. The number of aliphatic carboxylic acids is 1. The molecule has 2 aliphatic rings. The Hall–Kier alpha value is -3.19. The maximum atomic E-state index is 13.5. The number of nitrogens with one attached hydrogen (secondary N) is 1. The molecule has 0 unspecified atom stereocenters. The minimum absolute atomic E-state index is 0.208. The van der Waals surface area contributed by atoms with E-state index in [0.717, 1.165) is 62.7 Å². The van der Waals surface area contributed by atoms with Crippen LogP contribution in [0.25, 0.3) is 16.3 Å². The van der Waals surface area contributed by atoms with E-state index in [1.807, 2.05) is 31.2 Å². The van der Waals surface area contributed by atoms with Gasteiger partial charge in [0.1, 0.15) is 17.5 Å². The van der Waals surface area contributed by atoms with Gasteiger partial charge in [-0.1, -0.05) is 59.1 Å². The zero-order valence-electron chi connectivity index (χ0n) is 26.1. The summed E-state index contributed by atoms with van der Waals surface area (Å²) < 4.78 is 6.50. The third kappa shape index (κ3) is 7.86. The number of carbonyl (C=O) groups is 2. The van der Waals surface area contributed by atoms with E-state index in [1.165, 1.54) is 49.9 Å². The molecule has 1 amide bonds. The molecule has 1 atom stereocenters. The highest BCUT2D eigenvalue weighted by Gasteiger charge is 2.31. The van der Waals surface area contributed by atoms with Crippen LogP contribution in [0.15, 0.2) is 43.0 Å². The molecule has 43 heavy (non-hydrogen) atoms. The summed E-state index contributed by atoms with van der Waals surface area (Å²) in [6, 6.07) is 10.7. The third-order valence-corrected chi connectivity index (χ3v) is 10.6. The van der Waals surface area contributed by atoms with Gasteiger partial charge in [-0.2, -0.15) is 0 Å². The number of thiophene rings is 1. The molecule has 1 aromatic carbocycles. The van der Waals surface area contributed by atoms with Crippen molar-refractivity contribution < 1.29 is 19.4 Å². The Morgan fingerprint density at radius 3 is 2.42 bits per heavy atom. The molecule has 6 nitrogen and oxygen atoms in total. The first-order valence-corrected chi connectivity index (χ1v) is 16.7. The summed E-state index contributed by atoms with van der Waals surface area (Å²) in [4.78, 5) is 32.3. The molecule has 0 radical (unpaired) electrons. The minimum atomic E-state index is -1.07. The van der Waals surface area contributed by atoms with Gasteiger partial charge in [0.2, 0.25) is 0 Å². The van der Waals surface area contributed by atoms with E-state index in [0.29, 0.717) is 11.3 Å². The lowest BCUT2D eigenvalue weighted by molar-refractivity contribution is -0.139. The lowest BCUT2D eigenvalue weighted by atomic mass is 9.72. The van der Waals surface area contributed by atoms with Crippen molar-refractivity contribution in [1.82, 2.24) is 10.3 Å². The number of rotatable bonds is 10. The Morgan fingerprint density at radius 2 is 1.79 bits per heavy atom. The normalized spacial score (nSPS) is 20.2. The Bertz CT molecular complexity index is 1470. The summed E-state index contributed by atoms with van der Waals surface area (Å²) in [7, 11) is 0. The third-order valence-electron chi connectivity index (χ3n) is 9.37. The van der Waals surface area contributed by atoms with E-state index in [4.69, 9.17) is 9.72 Å². The number of hydrogen-bond donors (Lipinski definition) is 2. The molecule has 2 heterocycles. The number of nitrogens with zero attached hydrogens (tertiary/aromatic N) is 1. The summed E-state index contributed by atoms with van der Waals surface area (Å²) in [6.45, 7) is 12.9. The number of carbonyl (C=O) groups excluding carboxylic acids is 1. The maximum absolute atomic E-state index is 13.5. The highest BCUT2D eigenvalue weighted by atomic mass is 32.1. The van der Waals surface area contributed by atoms with Crippen LogP contribution in [0.5, 0.6) is 5.75 Å². The number of hydrogen-bond acceptors (Lipinski definition) is 5. The second-order valence-electron chi connectivity index (χ2n) is 13.8. The largest absolute Gasteiger partial charge is 0.490 e. The molecule has 2 fully saturated rings. The van der Waals surface area contributed by atoms with Crippen LogP contribution in [0.4, 0.5) is 0 Å². The van der Waals surface area contributed by atoms with E-state index in [-0.39, 0.29) is 18.2 Å². The molecular formula is C36H46N2O4S. The van der Waals surface area contributed by atoms with Crippen LogP contribution >= 0.6 is 11.3 Å². The van der Waals surface area contributed by atoms with Crippen molar-refractivity contribution in [3.8, 4) is 5.75 Å². The fourth-order valence-electron chi connectivity index (χ4n) is 6.72. The first kappa shape index (κ1) is 31.2. The van der Waals surface area contributed by atoms with Gasteiger partial charge >= 0.3 is 5.97 Å². The molecule has 3 aromatic rings. The van der Waals surface area contributed by atoms with Crippen molar-refractivity contribution >= 4 is 39.6 Å². The lowest BCUT2D eigenvalue weighted by Gasteiger charge is -2.37. The predicted octanol–water partition coefficient (Wildman–Crippen LogP) is 8.47. The first-order valence-electron chi connectivity index (χ1n) is 15.8. The Balaban J connectivity index is 1.36. The van der Waals surface area contributed by atoms with Crippen LogP contribution in [-0.2, 0) is 17.6 Å². The van der Waals surface area contributed by atoms with Gasteiger partial charge < -0.3 is 15.2 Å². The van der Waals surface area contributed by atoms with Gasteiger partial charge in [0.25, 0.3) is 5.91 Å². The van der Waals surface area contributed by atoms with E-state index >= 15 is 0 Å². The van der Waals surface area contributed by atoms with Crippen molar-refractivity contribution in [1.29, 1.82) is 0 Å². The number of fused-ring (bicyclic) bond motifs is 1. The Kier molecular flexibility index (Phi) is 9.60. The monoisotopic (exact) mass is 602 g/mol. The summed E-state index contributed by atoms with van der Waals surface area (Å²) >= 11 is 1.50.